The largest absolute Gasteiger partial charge is 2.00 e. The van der Waals surface area contributed by atoms with Gasteiger partial charge in [-0.3, -0.25) is 38.5 Å². The van der Waals surface area contributed by atoms with E-state index in [0.717, 1.165) is 49.4 Å². The number of hydrogen-bond acceptors (Lipinski definition) is 12. The van der Waals surface area contributed by atoms with Gasteiger partial charge in [-0.15, -0.1) is 22.1 Å². The fourth-order valence-electron chi connectivity index (χ4n) is 8.72. The van der Waals surface area contributed by atoms with Gasteiger partial charge < -0.3 is 34.8 Å². The Morgan fingerprint density at radius 3 is 1.37 bits per heavy atom. The van der Waals surface area contributed by atoms with Crippen LogP contribution in [0.3, 0.4) is 0 Å². The SMILES string of the molecule is CCOC(=O)CCC1=C(C)c2cc3[n-]c(cc4nc(cc5[n-]c(cc1n2)c(C)c5CCC(=O)OCC)C(C)=C4CCC(=O)NCCCNC(=O)CCCN1C(=O)C=CC1=O)c(C)c3CCC(=O)OCC.[Pd+2]. The fourth-order valence-corrected chi connectivity index (χ4v) is 8.72. The van der Waals surface area contributed by atoms with Gasteiger partial charge in [-0.2, -0.15) is 0 Å². The average Bonchev–Trinajstić information content (AvgIpc) is 4.06. The molecule has 0 saturated heterocycles. The van der Waals surface area contributed by atoms with Crippen LogP contribution in [0.1, 0.15) is 137 Å². The molecule has 3 aliphatic rings. The minimum atomic E-state index is -0.378. The van der Waals surface area contributed by atoms with Crippen LogP contribution in [0.25, 0.3) is 44.4 Å². The molecular formula is C53H63N7O10Pd. The molecule has 0 radical (unpaired) electrons. The van der Waals surface area contributed by atoms with Crippen LogP contribution in [0.4, 0.5) is 0 Å². The number of hydrogen-bond donors (Lipinski definition) is 2. The van der Waals surface area contributed by atoms with Crippen molar-refractivity contribution in [2.45, 2.75) is 119 Å². The second-order valence-electron chi connectivity index (χ2n) is 17.3. The molecular weight excluding hydrogens is 1000 g/mol. The quantitative estimate of drug-likeness (QED) is 0.0340. The molecule has 71 heavy (non-hydrogen) atoms. The van der Waals surface area contributed by atoms with Gasteiger partial charge in [0.15, 0.2) is 0 Å². The van der Waals surface area contributed by atoms with Gasteiger partial charge in [0.2, 0.25) is 11.8 Å². The molecule has 17 nitrogen and oxygen atoms in total. The van der Waals surface area contributed by atoms with Crippen molar-refractivity contribution in [3.8, 4) is 0 Å². The van der Waals surface area contributed by atoms with Gasteiger partial charge in [0.05, 0.1) is 42.6 Å². The minimum absolute atomic E-state index is 0. The molecule has 0 unspecified atom stereocenters. The van der Waals surface area contributed by atoms with E-state index in [9.17, 15) is 33.6 Å². The Morgan fingerprint density at radius 2 is 0.930 bits per heavy atom. The van der Waals surface area contributed by atoms with Crippen molar-refractivity contribution >= 4 is 85.9 Å². The number of aryl methyl sites for hydroxylation is 4. The van der Waals surface area contributed by atoms with E-state index in [1.54, 1.807) is 20.8 Å². The maximum Gasteiger partial charge on any atom is 2.00 e. The summed E-state index contributed by atoms with van der Waals surface area (Å²) < 4.78 is 15.9. The second kappa shape index (κ2) is 26.1. The summed E-state index contributed by atoms with van der Waals surface area (Å²) in [5.41, 5.74) is 12.0. The molecule has 0 saturated carbocycles. The van der Waals surface area contributed by atoms with Crippen molar-refractivity contribution in [3.05, 3.63) is 81.4 Å². The molecule has 3 aliphatic heterocycles. The van der Waals surface area contributed by atoms with E-state index in [1.807, 2.05) is 52.0 Å². The summed E-state index contributed by atoms with van der Waals surface area (Å²) in [5, 5.41) is 5.78. The first-order valence-electron chi connectivity index (χ1n) is 24.2. The van der Waals surface area contributed by atoms with Crippen LogP contribution in [-0.2, 0) is 81.0 Å². The van der Waals surface area contributed by atoms with E-state index < -0.39 is 0 Å². The summed E-state index contributed by atoms with van der Waals surface area (Å²) in [7, 11) is 0. The number of amides is 4. The molecule has 0 atom stereocenters. The summed E-state index contributed by atoms with van der Waals surface area (Å²) in [6, 6.07) is 7.66. The predicted octanol–water partition coefficient (Wildman–Crippen LogP) is 6.49. The maximum absolute atomic E-state index is 13.3. The summed E-state index contributed by atoms with van der Waals surface area (Å²) >= 11 is 0. The molecule has 0 aromatic carbocycles. The number of allylic oxidation sites excluding steroid dienone is 4. The van der Waals surface area contributed by atoms with Crippen molar-refractivity contribution in [3.63, 3.8) is 0 Å². The molecule has 3 aromatic rings. The number of fused-ring (bicyclic) bond motifs is 8. The number of nitrogens with zero attached hydrogens (tertiary/aromatic N) is 5. The number of ether oxygens (including phenoxy) is 3. The third-order valence-corrected chi connectivity index (χ3v) is 12.6. The van der Waals surface area contributed by atoms with E-state index in [-0.39, 0.29) is 120 Å². The number of rotatable bonds is 23. The van der Waals surface area contributed by atoms with E-state index in [2.05, 4.69) is 10.6 Å². The van der Waals surface area contributed by atoms with Crippen LogP contribution >= 0.6 is 0 Å². The van der Waals surface area contributed by atoms with Crippen LogP contribution in [0.5, 0.6) is 0 Å². The molecule has 0 spiro atoms. The average molecular weight is 1060 g/mol. The zero-order chi connectivity index (χ0) is 50.5. The summed E-state index contributed by atoms with van der Waals surface area (Å²) in [4.78, 5) is 109. The van der Waals surface area contributed by atoms with E-state index in [0.29, 0.717) is 96.5 Å². The van der Waals surface area contributed by atoms with Crippen molar-refractivity contribution in [2.75, 3.05) is 39.5 Å². The van der Waals surface area contributed by atoms with Crippen molar-refractivity contribution in [1.82, 2.24) is 35.5 Å². The first-order valence-corrected chi connectivity index (χ1v) is 24.2. The molecule has 3 aromatic heterocycles. The van der Waals surface area contributed by atoms with Crippen molar-refractivity contribution < 1.29 is 68.2 Å². The number of carbonyl (C=O) groups is 7. The third kappa shape index (κ3) is 14.3. The number of carbonyl (C=O) groups excluding carboxylic acids is 7. The first kappa shape index (κ1) is 55.4. The van der Waals surface area contributed by atoms with Gasteiger partial charge in [-0.25, -0.2) is 9.97 Å². The van der Waals surface area contributed by atoms with Crippen LogP contribution in [0.2, 0.25) is 0 Å². The second-order valence-corrected chi connectivity index (χ2v) is 17.3. The monoisotopic (exact) mass is 1060 g/mol. The Bertz CT molecular complexity index is 2800. The minimum Gasteiger partial charge on any atom is -0.657 e. The van der Waals surface area contributed by atoms with Gasteiger partial charge in [-0.1, -0.05) is 46.5 Å². The zero-order valence-corrected chi connectivity index (χ0v) is 43.2. The Kier molecular flexibility index (Phi) is 20.4. The maximum atomic E-state index is 13.3. The normalized spacial score (nSPS) is 13.1. The topological polar surface area (TPSA) is 228 Å². The first-order chi connectivity index (χ1) is 33.6. The van der Waals surface area contributed by atoms with Gasteiger partial charge in [-0.05, 0) is 109 Å². The smallest absolute Gasteiger partial charge is 0.657 e. The van der Waals surface area contributed by atoms with E-state index in [4.69, 9.17) is 34.1 Å². The van der Waals surface area contributed by atoms with Crippen LogP contribution in [0, 0.1) is 13.8 Å². The standard InChI is InChI=1S/C53H65N7O10.Pd/c1-8-68-51(65)21-15-36-32(5)40-27-43-35(14-18-48(62)55-25-12-24-54-47(61)13-11-26-60-49(63)19-20-50(60)64)31(4)39(56-43)28-44-37(16-22-52(66)69-9-2)33(6)41(58-44)30-46-38(17-23-53(67)70-10-3)34(7)42(59-46)29-45(36)57-40;/h19-20,27-30H,8-18,21-26H2,1-7H3,(H4,54,55,56,57,58,59,61,62,63,64);/q;+2/p-2. The Morgan fingerprint density at radius 1 is 0.535 bits per heavy atom. The molecule has 0 aliphatic carbocycles. The summed E-state index contributed by atoms with van der Waals surface area (Å²) in [6.45, 7) is 14.8. The molecule has 4 amide bonds. The molecule has 18 heteroatoms. The molecule has 0 fully saturated rings. The van der Waals surface area contributed by atoms with Crippen molar-refractivity contribution in [1.29, 1.82) is 0 Å². The van der Waals surface area contributed by atoms with Crippen LogP contribution in [-0.4, -0.2) is 95.9 Å². The number of esters is 3. The van der Waals surface area contributed by atoms with E-state index in [1.165, 1.54) is 12.2 Å². The molecule has 2 N–H and O–H groups in total. The van der Waals surface area contributed by atoms with Gasteiger partial charge >= 0.3 is 38.3 Å². The van der Waals surface area contributed by atoms with Crippen LogP contribution in [0.15, 0.2) is 36.4 Å². The molecule has 6 heterocycles. The van der Waals surface area contributed by atoms with E-state index >= 15 is 0 Å². The summed E-state index contributed by atoms with van der Waals surface area (Å²) in [5.74, 6) is -2.10. The van der Waals surface area contributed by atoms with Crippen LogP contribution < -0.4 is 20.6 Å². The Labute approximate surface area is 427 Å². The molecule has 380 valence electrons. The van der Waals surface area contributed by atoms with Gasteiger partial charge in [0, 0.05) is 63.9 Å². The Balaban J connectivity index is 0.00000937. The number of aromatic nitrogens is 4. The zero-order valence-electron chi connectivity index (χ0n) is 41.6. The number of nitrogens with one attached hydrogen (secondary N) is 2. The third-order valence-electron chi connectivity index (χ3n) is 12.6. The Hall–Kier alpha value is -6.51. The predicted molar refractivity (Wildman–Crippen MR) is 264 cm³/mol. The molecule has 6 rings (SSSR count). The summed E-state index contributed by atoms with van der Waals surface area (Å²) in [6.07, 6.45) is 5.48. The van der Waals surface area contributed by atoms with Crippen molar-refractivity contribution in [2.24, 2.45) is 0 Å². The number of imide groups is 1. The molecule has 8 bridgehead atoms. The van der Waals surface area contributed by atoms with Gasteiger partial charge in [0.25, 0.3) is 11.8 Å². The van der Waals surface area contributed by atoms with Gasteiger partial charge in [0.1, 0.15) is 0 Å². The fraction of sp³-hybridized carbons (Fsp3) is 0.453.